The Morgan fingerprint density at radius 2 is 2.05 bits per heavy atom. The summed E-state index contributed by atoms with van der Waals surface area (Å²) >= 11 is 0. The van der Waals surface area contributed by atoms with Crippen molar-refractivity contribution >= 4 is 17.5 Å². The topological polar surface area (TPSA) is 75.1 Å². The van der Waals surface area contributed by atoms with Crippen LogP contribution in [-0.2, 0) is 6.42 Å². The molecule has 0 amide bonds. The van der Waals surface area contributed by atoms with Gasteiger partial charge < -0.3 is 10.4 Å². The highest BCUT2D eigenvalue weighted by Crippen LogP contribution is 2.20. The largest absolute Gasteiger partial charge is 0.478 e. The molecule has 1 aromatic carbocycles. The molecule has 2 aromatic rings. The Morgan fingerprint density at radius 1 is 1.30 bits per heavy atom. The van der Waals surface area contributed by atoms with Crippen LogP contribution < -0.4 is 5.32 Å². The van der Waals surface area contributed by atoms with E-state index in [9.17, 15) is 4.79 Å². The standard InChI is InChI=1S/C15H17N3O2/c1-3-6-13-16-10(2)9-14(18-13)17-12-8-5-4-7-11(12)15(19)20/h4-5,7-9H,3,6H2,1-2H3,(H,19,20)(H,16,17,18). The highest BCUT2D eigenvalue weighted by atomic mass is 16.4. The van der Waals surface area contributed by atoms with Crippen LogP contribution in [0.1, 0.15) is 35.2 Å². The van der Waals surface area contributed by atoms with Crippen LogP contribution in [0.4, 0.5) is 11.5 Å². The lowest BCUT2D eigenvalue weighted by Gasteiger charge is -2.10. The number of hydrogen-bond acceptors (Lipinski definition) is 4. The third kappa shape index (κ3) is 3.32. The van der Waals surface area contributed by atoms with Gasteiger partial charge in [0.1, 0.15) is 11.6 Å². The van der Waals surface area contributed by atoms with E-state index in [1.54, 1.807) is 30.3 Å². The molecule has 0 unspecified atom stereocenters. The fourth-order valence-electron chi connectivity index (χ4n) is 1.95. The number of benzene rings is 1. The minimum atomic E-state index is -0.965. The van der Waals surface area contributed by atoms with Gasteiger partial charge in [-0.05, 0) is 25.5 Å². The van der Waals surface area contributed by atoms with Crippen LogP contribution in [0.15, 0.2) is 30.3 Å². The van der Waals surface area contributed by atoms with Gasteiger partial charge in [-0.1, -0.05) is 19.1 Å². The average molecular weight is 271 g/mol. The molecule has 0 aliphatic carbocycles. The Morgan fingerprint density at radius 3 is 2.75 bits per heavy atom. The molecule has 0 bridgehead atoms. The molecule has 0 aliphatic heterocycles. The number of nitrogens with one attached hydrogen (secondary N) is 1. The monoisotopic (exact) mass is 271 g/mol. The molecule has 20 heavy (non-hydrogen) atoms. The van der Waals surface area contributed by atoms with Crippen molar-refractivity contribution in [1.82, 2.24) is 9.97 Å². The average Bonchev–Trinajstić information content (AvgIpc) is 2.38. The molecule has 5 heteroatoms. The number of anilines is 2. The number of para-hydroxylation sites is 1. The zero-order valence-corrected chi connectivity index (χ0v) is 11.6. The number of aryl methyl sites for hydroxylation is 2. The number of nitrogens with zero attached hydrogens (tertiary/aromatic N) is 2. The van der Waals surface area contributed by atoms with Crippen LogP contribution in [0.3, 0.4) is 0 Å². The number of aromatic nitrogens is 2. The van der Waals surface area contributed by atoms with Crippen molar-refractivity contribution in [2.24, 2.45) is 0 Å². The highest BCUT2D eigenvalue weighted by molar-refractivity contribution is 5.94. The third-order valence-electron chi connectivity index (χ3n) is 2.79. The SMILES string of the molecule is CCCc1nc(C)cc(Nc2ccccc2C(=O)O)n1. The van der Waals surface area contributed by atoms with E-state index in [-0.39, 0.29) is 5.56 Å². The van der Waals surface area contributed by atoms with E-state index in [0.717, 1.165) is 24.4 Å². The lowest BCUT2D eigenvalue weighted by atomic mass is 10.2. The fourth-order valence-corrected chi connectivity index (χ4v) is 1.95. The molecule has 0 saturated carbocycles. The summed E-state index contributed by atoms with van der Waals surface area (Å²) in [4.78, 5) is 19.9. The van der Waals surface area contributed by atoms with Crippen molar-refractivity contribution in [3.63, 3.8) is 0 Å². The summed E-state index contributed by atoms with van der Waals surface area (Å²) in [6.45, 7) is 3.97. The summed E-state index contributed by atoms with van der Waals surface area (Å²) in [7, 11) is 0. The number of carboxylic acid groups (broad SMARTS) is 1. The van der Waals surface area contributed by atoms with Crippen LogP contribution in [0, 0.1) is 6.92 Å². The van der Waals surface area contributed by atoms with Gasteiger partial charge >= 0.3 is 5.97 Å². The second-order valence-corrected chi connectivity index (χ2v) is 4.54. The van der Waals surface area contributed by atoms with Crippen molar-refractivity contribution in [2.45, 2.75) is 26.7 Å². The first kappa shape index (κ1) is 14.0. The van der Waals surface area contributed by atoms with E-state index >= 15 is 0 Å². The molecule has 2 N–H and O–H groups in total. The zero-order chi connectivity index (χ0) is 14.5. The van der Waals surface area contributed by atoms with Crippen LogP contribution >= 0.6 is 0 Å². The van der Waals surface area contributed by atoms with Gasteiger partial charge in [0.15, 0.2) is 0 Å². The number of rotatable bonds is 5. The lowest BCUT2D eigenvalue weighted by Crippen LogP contribution is -2.05. The third-order valence-corrected chi connectivity index (χ3v) is 2.79. The molecular formula is C15H17N3O2. The van der Waals surface area contributed by atoms with Crippen LogP contribution in [0.2, 0.25) is 0 Å². The van der Waals surface area contributed by atoms with Gasteiger partial charge in [-0.15, -0.1) is 0 Å². The van der Waals surface area contributed by atoms with Gasteiger partial charge in [0, 0.05) is 18.2 Å². The summed E-state index contributed by atoms with van der Waals surface area (Å²) in [5.74, 6) is 0.421. The van der Waals surface area contributed by atoms with Crippen molar-refractivity contribution in [1.29, 1.82) is 0 Å². The molecule has 1 heterocycles. The van der Waals surface area contributed by atoms with Gasteiger partial charge in [0.05, 0.1) is 11.3 Å². The summed E-state index contributed by atoms with van der Waals surface area (Å²) < 4.78 is 0. The summed E-state index contributed by atoms with van der Waals surface area (Å²) in [6.07, 6.45) is 1.77. The Kier molecular flexibility index (Phi) is 4.30. The van der Waals surface area contributed by atoms with E-state index in [4.69, 9.17) is 5.11 Å². The Hall–Kier alpha value is -2.43. The summed E-state index contributed by atoms with van der Waals surface area (Å²) in [6, 6.07) is 8.57. The normalized spacial score (nSPS) is 10.3. The van der Waals surface area contributed by atoms with Crippen LogP contribution in [0.25, 0.3) is 0 Å². The summed E-state index contributed by atoms with van der Waals surface area (Å²) in [5.41, 5.74) is 1.61. The number of hydrogen-bond donors (Lipinski definition) is 2. The second-order valence-electron chi connectivity index (χ2n) is 4.54. The van der Waals surface area contributed by atoms with Gasteiger partial charge in [-0.25, -0.2) is 14.8 Å². The molecule has 1 aromatic heterocycles. The molecule has 0 radical (unpaired) electrons. The van der Waals surface area contributed by atoms with Crippen molar-refractivity contribution < 1.29 is 9.90 Å². The zero-order valence-electron chi connectivity index (χ0n) is 11.6. The van der Waals surface area contributed by atoms with Crippen LogP contribution in [0.5, 0.6) is 0 Å². The van der Waals surface area contributed by atoms with E-state index in [1.807, 2.05) is 6.92 Å². The molecule has 0 fully saturated rings. The number of aromatic carboxylic acids is 1. The smallest absolute Gasteiger partial charge is 0.337 e. The molecule has 2 rings (SSSR count). The van der Waals surface area contributed by atoms with Gasteiger partial charge in [-0.2, -0.15) is 0 Å². The fraction of sp³-hybridized carbons (Fsp3) is 0.267. The molecule has 0 atom stereocenters. The van der Waals surface area contributed by atoms with E-state index in [1.165, 1.54) is 0 Å². The maximum absolute atomic E-state index is 11.2. The first-order chi connectivity index (χ1) is 9.60. The molecular weight excluding hydrogens is 254 g/mol. The van der Waals surface area contributed by atoms with Crippen molar-refractivity contribution in [2.75, 3.05) is 5.32 Å². The Balaban J connectivity index is 2.32. The predicted molar refractivity (Wildman–Crippen MR) is 77.4 cm³/mol. The molecule has 0 aliphatic rings. The first-order valence-electron chi connectivity index (χ1n) is 6.54. The maximum atomic E-state index is 11.2. The Labute approximate surface area is 117 Å². The van der Waals surface area contributed by atoms with Gasteiger partial charge in [0.25, 0.3) is 0 Å². The van der Waals surface area contributed by atoms with Gasteiger partial charge in [-0.3, -0.25) is 0 Å². The van der Waals surface area contributed by atoms with Crippen molar-refractivity contribution in [3.8, 4) is 0 Å². The summed E-state index contributed by atoms with van der Waals surface area (Å²) in [5, 5.41) is 12.2. The first-order valence-corrected chi connectivity index (χ1v) is 6.54. The van der Waals surface area contributed by atoms with Crippen molar-refractivity contribution in [3.05, 3.63) is 47.4 Å². The second kappa shape index (κ2) is 6.14. The van der Waals surface area contributed by atoms with E-state index in [2.05, 4.69) is 22.2 Å². The highest BCUT2D eigenvalue weighted by Gasteiger charge is 2.10. The van der Waals surface area contributed by atoms with Crippen LogP contribution in [-0.4, -0.2) is 21.0 Å². The quantitative estimate of drug-likeness (QED) is 0.873. The minimum absolute atomic E-state index is 0.223. The van der Waals surface area contributed by atoms with E-state index < -0.39 is 5.97 Å². The minimum Gasteiger partial charge on any atom is -0.478 e. The maximum Gasteiger partial charge on any atom is 0.337 e. The lowest BCUT2D eigenvalue weighted by molar-refractivity contribution is 0.0698. The number of carbonyl (C=O) groups is 1. The van der Waals surface area contributed by atoms with Gasteiger partial charge in [0.2, 0.25) is 0 Å². The number of carboxylic acids is 1. The van der Waals surface area contributed by atoms with E-state index in [0.29, 0.717) is 11.5 Å². The molecule has 5 nitrogen and oxygen atoms in total. The molecule has 0 saturated heterocycles. The Bertz CT molecular complexity index is 626. The predicted octanol–water partition coefficient (Wildman–Crippen LogP) is 3.18. The molecule has 104 valence electrons. The molecule has 0 spiro atoms.